The number of pyridine rings is 1. The molecule has 7 heteroatoms. The lowest BCUT2D eigenvalue weighted by Crippen LogP contribution is -2.00. The van der Waals surface area contributed by atoms with Crippen LogP contribution in [-0.2, 0) is 0 Å². The van der Waals surface area contributed by atoms with Crippen molar-refractivity contribution in [1.29, 1.82) is 0 Å². The lowest BCUT2D eigenvalue weighted by atomic mass is 10.1. The van der Waals surface area contributed by atoms with Crippen molar-refractivity contribution in [2.24, 2.45) is 0 Å². The van der Waals surface area contributed by atoms with Gasteiger partial charge in [0.05, 0.1) is 24.7 Å². The maximum Gasteiger partial charge on any atom is 0.264 e. The van der Waals surface area contributed by atoms with Crippen LogP contribution in [0.1, 0.15) is 12.0 Å². The average molecular weight is 369 g/mol. The molecule has 0 radical (unpaired) electrons. The monoisotopic (exact) mass is 369 g/mol. The van der Waals surface area contributed by atoms with Gasteiger partial charge in [-0.2, -0.15) is 5.10 Å². The Hall–Kier alpha value is -3.35. The van der Waals surface area contributed by atoms with Crippen molar-refractivity contribution in [2.75, 3.05) is 7.11 Å². The van der Waals surface area contributed by atoms with Gasteiger partial charge in [0.25, 0.3) is 6.43 Å². The van der Waals surface area contributed by atoms with Gasteiger partial charge in [0.1, 0.15) is 11.6 Å². The van der Waals surface area contributed by atoms with E-state index < -0.39 is 12.2 Å². The molecule has 0 N–H and O–H groups in total. The first-order valence-electron chi connectivity index (χ1n) is 8.14. The number of ether oxygens (including phenoxy) is 1. The molecule has 0 amide bonds. The summed E-state index contributed by atoms with van der Waals surface area (Å²) in [4.78, 5) is 4.55. The molecule has 0 aliphatic carbocycles. The molecule has 0 aliphatic heterocycles. The maximum absolute atomic E-state index is 13.7. The van der Waals surface area contributed by atoms with Crippen molar-refractivity contribution in [3.05, 3.63) is 72.2 Å². The van der Waals surface area contributed by atoms with Crippen molar-refractivity contribution in [3.8, 4) is 22.7 Å². The number of benzene rings is 2. The number of rotatable bonds is 4. The number of nitrogens with zero attached hydrogens (tertiary/aromatic N) is 3. The highest BCUT2D eigenvalue weighted by atomic mass is 19.3. The van der Waals surface area contributed by atoms with E-state index in [1.165, 1.54) is 48.3 Å². The standard InChI is InChI=1S/C20H14F3N3O/c1-27-18-5-3-2-4-14(18)17-10-15(19(22)23)16-11-24-26(20(16)25-17)13-8-6-12(21)7-9-13/h2-11,19H,1H3. The molecule has 0 bridgehead atoms. The van der Waals surface area contributed by atoms with E-state index in [-0.39, 0.29) is 16.6 Å². The summed E-state index contributed by atoms with van der Waals surface area (Å²) in [5, 5.41) is 4.43. The largest absolute Gasteiger partial charge is 0.496 e. The summed E-state index contributed by atoms with van der Waals surface area (Å²) in [6.07, 6.45) is -1.35. The summed E-state index contributed by atoms with van der Waals surface area (Å²) < 4.78 is 47.4. The number of aromatic nitrogens is 3. The van der Waals surface area contributed by atoms with E-state index in [0.717, 1.165) is 0 Å². The zero-order chi connectivity index (χ0) is 19.0. The van der Waals surface area contributed by atoms with E-state index in [1.54, 1.807) is 24.3 Å². The van der Waals surface area contributed by atoms with Gasteiger partial charge in [-0.05, 0) is 42.5 Å². The molecule has 4 aromatic rings. The van der Waals surface area contributed by atoms with Crippen molar-refractivity contribution < 1.29 is 17.9 Å². The van der Waals surface area contributed by atoms with Crippen LogP contribution in [0, 0.1) is 5.82 Å². The number of alkyl halides is 2. The van der Waals surface area contributed by atoms with Gasteiger partial charge in [0, 0.05) is 16.5 Å². The number of hydrogen-bond donors (Lipinski definition) is 0. The molecule has 0 aliphatic rings. The van der Waals surface area contributed by atoms with E-state index in [1.807, 2.05) is 0 Å². The van der Waals surface area contributed by atoms with Crippen LogP contribution in [0.25, 0.3) is 28.0 Å². The molecule has 0 spiro atoms. The van der Waals surface area contributed by atoms with Gasteiger partial charge in [-0.25, -0.2) is 22.8 Å². The van der Waals surface area contributed by atoms with Crippen molar-refractivity contribution >= 4 is 11.0 Å². The van der Waals surface area contributed by atoms with Crippen LogP contribution in [-0.4, -0.2) is 21.9 Å². The van der Waals surface area contributed by atoms with Gasteiger partial charge in [0.15, 0.2) is 5.65 Å². The number of methoxy groups -OCH3 is 1. The Labute approximate surface area is 152 Å². The Kier molecular flexibility index (Phi) is 4.27. The van der Waals surface area contributed by atoms with Crippen LogP contribution in [0.2, 0.25) is 0 Å². The fraction of sp³-hybridized carbons (Fsp3) is 0.100. The zero-order valence-electron chi connectivity index (χ0n) is 14.2. The second kappa shape index (κ2) is 6.75. The fourth-order valence-corrected chi connectivity index (χ4v) is 2.97. The van der Waals surface area contributed by atoms with Gasteiger partial charge in [-0.1, -0.05) is 12.1 Å². The van der Waals surface area contributed by atoms with E-state index >= 15 is 0 Å². The summed E-state index contributed by atoms with van der Waals surface area (Å²) in [5.74, 6) is 0.128. The normalized spacial score (nSPS) is 11.3. The Bertz CT molecular complexity index is 1110. The summed E-state index contributed by atoms with van der Waals surface area (Å²) in [5.41, 5.74) is 1.56. The molecular weight excluding hydrogens is 355 g/mol. The number of halogens is 3. The number of fused-ring (bicyclic) bond motifs is 1. The molecule has 27 heavy (non-hydrogen) atoms. The minimum absolute atomic E-state index is 0.172. The quantitative estimate of drug-likeness (QED) is 0.498. The molecule has 0 unspecified atom stereocenters. The summed E-state index contributed by atoms with van der Waals surface area (Å²) >= 11 is 0. The van der Waals surface area contributed by atoms with Crippen LogP contribution < -0.4 is 4.74 Å². The fourth-order valence-electron chi connectivity index (χ4n) is 2.97. The first kappa shape index (κ1) is 17.1. The molecule has 4 rings (SSSR count). The highest BCUT2D eigenvalue weighted by molar-refractivity contribution is 5.84. The summed E-state index contributed by atoms with van der Waals surface area (Å²) in [6.45, 7) is 0. The predicted molar refractivity (Wildman–Crippen MR) is 95.8 cm³/mol. The lowest BCUT2D eigenvalue weighted by molar-refractivity contribution is 0.153. The second-order valence-corrected chi connectivity index (χ2v) is 5.87. The van der Waals surface area contributed by atoms with Crippen LogP contribution in [0.5, 0.6) is 5.75 Å². The molecule has 0 atom stereocenters. The molecule has 0 fully saturated rings. The third kappa shape index (κ3) is 3.01. The van der Waals surface area contributed by atoms with E-state index in [2.05, 4.69) is 10.1 Å². The molecule has 2 aromatic carbocycles. The molecule has 0 saturated carbocycles. The second-order valence-electron chi connectivity index (χ2n) is 5.87. The highest BCUT2D eigenvalue weighted by Crippen LogP contribution is 2.35. The molecule has 0 saturated heterocycles. The van der Waals surface area contributed by atoms with Gasteiger partial charge in [0.2, 0.25) is 0 Å². The average Bonchev–Trinajstić information content (AvgIpc) is 3.11. The molecule has 4 nitrogen and oxygen atoms in total. The van der Waals surface area contributed by atoms with Crippen LogP contribution >= 0.6 is 0 Å². The minimum Gasteiger partial charge on any atom is -0.496 e. The summed E-state index contributed by atoms with van der Waals surface area (Å²) in [7, 11) is 1.51. The Morgan fingerprint density at radius 2 is 1.78 bits per heavy atom. The Balaban J connectivity index is 1.99. The molecule has 2 heterocycles. The van der Waals surface area contributed by atoms with Gasteiger partial charge in [-0.3, -0.25) is 0 Å². The van der Waals surface area contributed by atoms with Gasteiger partial charge >= 0.3 is 0 Å². The lowest BCUT2D eigenvalue weighted by Gasteiger charge is -2.11. The van der Waals surface area contributed by atoms with Crippen molar-refractivity contribution in [3.63, 3.8) is 0 Å². The smallest absolute Gasteiger partial charge is 0.264 e. The van der Waals surface area contributed by atoms with Crippen molar-refractivity contribution in [2.45, 2.75) is 6.43 Å². The number of hydrogen-bond acceptors (Lipinski definition) is 3. The maximum atomic E-state index is 13.7. The first-order chi connectivity index (χ1) is 13.1. The number of para-hydroxylation sites is 1. The molecular formula is C20H14F3N3O. The van der Waals surface area contributed by atoms with Gasteiger partial charge in [-0.15, -0.1) is 0 Å². The third-order valence-corrected chi connectivity index (χ3v) is 4.26. The Morgan fingerprint density at radius 1 is 1.04 bits per heavy atom. The van der Waals surface area contributed by atoms with Crippen LogP contribution in [0.4, 0.5) is 13.2 Å². The van der Waals surface area contributed by atoms with Gasteiger partial charge < -0.3 is 4.74 Å². The first-order valence-corrected chi connectivity index (χ1v) is 8.14. The topological polar surface area (TPSA) is 39.9 Å². The minimum atomic E-state index is -2.70. The molecule has 136 valence electrons. The summed E-state index contributed by atoms with van der Waals surface area (Å²) in [6, 6.07) is 14.0. The predicted octanol–water partition coefficient (Wildman–Crippen LogP) is 5.17. The third-order valence-electron chi connectivity index (χ3n) is 4.26. The Morgan fingerprint density at radius 3 is 2.48 bits per heavy atom. The van der Waals surface area contributed by atoms with Crippen LogP contribution in [0.15, 0.2) is 60.8 Å². The van der Waals surface area contributed by atoms with E-state index in [9.17, 15) is 13.2 Å². The van der Waals surface area contributed by atoms with Crippen molar-refractivity contribution in [1.82, 2.24) is 14.8 Å². The molecule has 2 aromatic heterocycles. The van der Waals surface area contributed by atoms with E-state index in [4.69, 9.17) is 4.74 Å². The SMILES string of the molecule is COc1ccccc1-c1cc(C(F)F)c2cnn(-c3ccc(F)cc3)c2n1. The van der Waals surface area contributed by atoms with Crippen LogP contribution in [0.3, 0.4) is 0 Å². The highest BCUT2D eigenvalue weighted by Gasteiger charge is 2.20. The zero-order valence-corrected chi connectivity index (χ0v) is 14.2. The van der Waals surface area contributed by atoms with E-state index in [0.29, 0.717) is 22.7 Å².